The van der Waals surface area contributed by atoms with Crippen LogP contribution in [0.1, 0.15) is 18.4 Å². The summed E-state index contributed by atoms with van der Waals surface area (Å²) in [5.74, 6) is -1.10. The quantitative estimate of drug-likeness (QED) is 0.166. The lowest BCUT2D eigenvalue weighted by atomic mass is 9.90. The Kier molecular flexibility index (Phi) is 6.22. The number of ether oxygens (including phenoxy) is 1. The fourth-order valence-corrected chi connectivity index (χ4v) is 6.15. The molecular weight excluding hydrogens is 552 g/mol. The van der Waals surface area contributed by atoms with Gasteiger partial charge in [0.25, 0.3) is 11.7 Å². The summed E-state index contributed by atoms with van der Waals surface area (Å²) in [6.45, 7) is 2.86. The van der Waals surface area contributed by atoms with Crippen LogP contribution in [0.4, 0.5) is 17.2 Å². The SMILES string of the molecule is Cc1cc(Nc2ncnn3ccc(N4CC5CCC4CN5C(=O)C(O)=C(O)O)c23)ccc1Oc1ccc2c(c1)ncn2C. The van der Waals surface area contributed by atoms with Gasteiger partial charge in [0, 0.05) is 50.2 Å². The number of aromatic nitrogens is 5. The van der Waals surface area contributed by atoms with E-state index in [0.717, 1.165) is 52.1 Å². The predicted octanol–water partition coefficient (Wildman–Crippen LogP) is 4.48. The number of nitrogens with one attached hydrogen (secondary N) is 1. The van der Waals surface area contributed by atoms with Crippen LogP contribution in [0, 0.1) is 6.92 Å². The number of aryl methyl sites for hydroxylation is 2. The maximum atomic E-state index is 12.6. The zero-order valence-electron chi connectivity index (χ0n) is 23.5. The molecule has 0 radical (unpaired) electrons. The number of anilines is 3. The Morgan fingerprint density at radius 2 is 1.86 bits per heavy atom. The monoisotopic (exact) mass is 582 g/mol. The second kappa shape index (κ2) is 10.1. The number of carbonyl (C=O) groups excluding carboxylic acids is 1. The van der Waals surface area contributed by atoms with Gasteiger partial charge in [0.1, 0.15) is 23.3 Å². The molecule has 3 aliphatic heterocycles. The van der Waals surface area contributed by atoms with Crippen LogP contribution in [-0.2, 0) is 11.8 Å². The third-order valence-electron chi connectivity index (χ3n) is 8.31. The minimum Gasteiger partial charge on any atom is -0.498 e. The zero-order valence-corrected chi connectivity index (χ0v) is 23.5. The number of nitrogens with zero attached hydrogens (tertiary/aromatic N) is 7. The highest BCUT2D eigenvalue weighted by atomic mass is 16.5. The Balaban J connectivity index is 1.13. The fourth-order valence-electron chi connectivity index (χ4n) is 6.15. The summed E-state index contributed by atoms with van der Waals surface area (Å²) >= 11 is 0. The number of rotatable bonds is 6. The van der Waals surface area contributed by atoms with Crippen molar-refractivity contribution in [1.29, 1.82) is 0 Å². The minimum atomic E-state index is -1.37. The second-order valence-electron chi connectivity index (χ2n) is 11.0. The van der Waals surface area contributed by atoms with Crippen molar-refractivity contribution in [3.63, 3.8) is 0 Å². The Hall–Kier alpha value is -5.46. The van der Waals surface area contributed by atoms with Gasteiger partial charge in [-0.05, 0) is 61.7 Å². The number of piperazine rings is 1. The van der Waals surface area contributed by atoms with E-state index >= 15 is 0 Å². The van der Waals surface area contributed by atoms with E-state index < -0.39 is 17.6 Å². The number of aliphatic hydroxyl groups excluding tert-OH is 2. The zero-order chi connectivity index (χ0) is 29.8. The molecule has 6 heterocycles. The van der Waals surface area contributed by atoms with E-state index in [1.54, 1.807) is 10.8 Å². The van der Waals surface area contributed by atoms with Crippen molar-refractivity contribution in [2.24, 2.45) is 7.05 Å². The summed E-state index contributed by atoms with van der Waals surface area (Å²) in [5.41, 5.74) is 5.40. The van der Waals surface area contributed by atoms with Crippen LogP contribution in [0.3, 0.4) is 0 Å². The standard InChI is InChI=1S/C30H30N8O5/c1-17-11-18(3-8-25(17)43-21-6-7-23-22(12-21)32-16-35(23)2)34-28-26-24(9-10-38(26)33-15-31-28)36-13-20-5-4-19(36)14-37(20)29(40)27(39)30(41)42/h3,6-12,15-16,19-20,39,41-42H,4-5,13-14H2,1-2H3,(H,31,33,34). The maximum Gasteiger partial charge on any atom is 0.324 e. The highest BCUT2D eigenvalue weighted by Gasteiger charge is 2.43. The molecule has 3 aliphatic rings. The van der Waals surface area contributed by atoms with E-state index in [2.05, 4.69) is 25.3 Å². The Morgan fingerprint density at radius 3 is 2.63 bits per heavy atom. The van der Waals surface area contributed by atoms with Gasteiger partial charge in [-0.2, -0.15) is 5.10 Å². The summed E-state index contributed by atoms with van der Waals surface area (Å²) in [6.07, 6.45) is 6.76. The first-order chi connectivity index (χ1) is 20.8. The number of hydrogen-bond acceptors (Lipinski definition) is 10. The van der Waals surface area contributed by atoms with Gasteiger partial charge in [0.2, 0.25) is 0 Å². The molecular formula is C30H30N8O5. The molecule has 5 aromatic rings. The van der Waals surface area contributed by atoms with Crippen molar-refractivity contribution in [1.82, 2.24) is 29.0 Å². The molecule has 2 unspecified atom stereocenters. The molecule has 3 fully saturated rings. The minimum absolute atomic E-state index is 0.0224. The number of imidazole rings is 1. The summed E-state index contributed by atoms with van der Waals surface area (Å²) in [5, 5.41) is 36.1. The molecule has 0 spiro atoms. The molecule has 13 heteroatoms. The first-order valence-corrected chi connectivity index (χ1v) is 13.9. The molecule has 43 heavy (non-hydrogen) atoms. The Morgan fingerprint density at radius 1 is 1.02 bits per heavy atom. The van der Waals surface area contributed by atoms with E-state index in [4.69, 9.17) is 4.74 Å². The normalized spacial score (nSPS) is 17.9. The van der Waals surface area contributed by atoms with Crippen LogP contribution in [0.25, 0.3) is 16.6 Å². The van der Waals surface area contributed by atoms with Crippen LogP contribution < -0.4 is 15.0 Å². The van der Waals surface area contributed by atoms with Gasteiger partial charge in [-0.1, -0.05) is 0 Å². The summed E-state index contributed by atoms with van der Waals surface area (Å²) in [4.78, 5) is 25.4. The van der Waals surface area contributed by atoms with Gasteiger partial charge in [-0.3, -0.25) is 4.79 Å². The van der Waals surface area contributed by atoms with Crippen LogP contribution in [-0.4, -0.2) is 75.4 Å². The number of aliphatic hydroxyl groups is 3. The van der Waals surface area contributed by atoms with Gasteiger partial charge >= 0.3 is 5.95 Å². The molecule has 0 saturated carbocycles. The lowest BCUT2D eigenvalue weighted by Gasteiger charge is -2.52. The predicted molar refractivity (Wildman–Crippen MR) is 159 cm³/mol. The van der Waals surface area contributed by atoms with Crippen LogP contribution >= 0.6 is 0 Å². The second-order valence-corrected chi connectivity index (χ2v) is 11.0. The number of hydrogen-bond donors (Lipinski definition) is 4. The Bertz CT molecular complexity index is 1910. The lowest BCUT2D eigenvalue weighted by Crippen LogP contribution is -2.64. The van der Waals surface area contributed by atoms with E-state index in [-0.39, 0.29) is 12.1 Å². The molecule has 220 valence electrons. The summed E-state index contributed by atoms with van der Waals surface area (Å²) in [7, 11) is 1.96. The summed E-state index contributed by atoms with van der Waals surface area (Å²) in [6, 6.07) is 13.5. The van der Waals surface area contributed by atoms with Crippen molar-refractivity contribution in [3.05, 3.63) is 78.6 Å². The van der Waals surface area contributed by atoms with E-state index in [0.29, 0.717) is 24.7 Å². The molecule has 4 N–H and O–H groups in total. The van der Waals surface area contributed by atoms with Gasteiger partial charge in [0.05, 0.1) is 23.0 Å². The van der Waals surface area contributed by atoms with Crippen molar-refractivity contribution < 1.29 is 24.9 Å². The van der Waals surface area contributed by atoms with Gasteiger partial charge < -0.3 is 39.7 Å². The summed E-state index contributed by atoms with van der Waals surface area (Å²) < 4.78 is 9.92. The van der Waals surface area contributed by atoms with E-state index in [1.807, 2.05) is 67.2 Å². The average Bonchev–Trinajstić information content (AvgIpc) is 3.62. The molecule has 3 saturated heterocycles. The van der Waals surface area contributed by atoms with Gasteiger partial charge in [-0.15, -0.1) is 0 Å². The highest BCUT2D eigenvalue weighted by molar-refractivity contribution is 5.92. The number of carbonyl (C=O) groups is 1. The van der Waals surface area contributed by atoms with Gasteiger partial charge in [-0.25, -0.2) is 14.5 Å². The van der Waals surface area contributed by atoms with Crippen molar-refractivity contribution >= 4 is 39.6 Å². The average molecular weight is 583 g/mol. The molecule has 1 amide bonds. The Labute approximate surface area is 245 Å². The molecule has 2 atom stereocenters. The number of piperidine rings is 2. The van der Waals surface area contributed by atoms with E-state index in [9.17, 15) is 20.1 Å². The molecule has 2 aromatic carbocycles. The molecule has 8 rings (SSSR count). The first kappa shape index (κ1) is 26.4. The molecule has 0 aliphatic carbocycles. The third kappa shape index (κ3) is 4.58. The first-order valence-electron chi connectivity index (χ1n) is 13.9. The third-order valence-corrected chi connectivity index (χ3v) is 8.31. The van der Waals surface area contributed by atoms with Crippen LogP contribution in [0.2, 0.25) is 0 Å². The smallest absolute Gasteiger partial charge is 0.324 e. The van der Waals surface area contributed by atoms with Crippen LogP contribution in [0.5, 0.6) is 11.5 Å². The number of fused-ring (bicyclic) bond motifs is 5. The molecule has 3 aromatic heterocycles. The maximum absolute atomic E-state index is 12.6. The molecule has 2 bridgehead atoms. The fraction of sp³-hybridized carbons (Fsp3) is 0.267. The molecule has 13 nitrogen and oxygen atoms in total. The van der Waals surface area contributed by atoms with Crippen molar-refractivity contribution in [3.8, 4) is 11.5 Å². The largest absolute Gasteiger partial charge is 0.498 e. The van der Waals surface area contributed by atoms with Crippen LogP contribution in [0.15, 0.2) is 73.0 Å². The van der Waals surface area contributed by atoms with Gasteiger partial charge in [0.15, 0.2) is 5.82 Å². The van der Waals surface area contributed by atoms with Crippen molar-refractivity contribution in [2.75, 3.05) is 23.3 Å². The number of amides is 1. The highest BCUT2D eigenvalue weighted by Crippen LogP contribution is 2.38. The lowest BCUT2D eigenvalue weighted by molar-refractivity contribution is -0.135. The van der Waals surface area contributed by atoms with Crippen molar-refractivity contribution in [2.45, 2.75) is 31.8 Å². The topological polar surface area (TPSA) is 154 Å². The number of benzene rings is 2. The van der Waals surface area contributed by atoms with E-state index in [1.165, 1.54) is 11.2 Å².